The van der Waals surface area contributed by atoms with Crippen molar-refractivity contribution in [3.8, 4) is 0 Å². The molecule has 110 valence electrons. The van der Waals surface area contributed by atoms with E-state index in [4.69, 9.17) is 4.74 Å². The first-order chi connectivity index (χ1) is 9.52. The van der Waals surface area contributed by atoms with E-state index in [0.717, 1.165) is 18.4 Å². The second kappa shape index (κ2) is 5.94. The number of methoxy groups -OCH3 is 1. The fraction of sp³-hybridized carbons (Fsp3) is 0.562. The Morgan fingerprint density at radius 3 is 2.80 bits per heavy atom. The average molecular weight is 276 g/mol. The molecule has 4 nitrogen and oxygen atoms in total. The summed E-state index contributed by atoms with van der Waals surface area (Å²) in [7, 11) is 5.60. The standard InChI is InChI=1S/C16H24N2O2/c1-12(11-20-4)17-15(19)16(18(2)3)10-9-13-7-5-6-8-14(13)16/h5-8,12H,9-11H2,1-4H3,(H,17,19)/t12-,16-/m0/s1. The Morgan fingerprint density at radius 1 is 1.45 bits per heavy atom. The van der Waals surface area contributed by atoms with Crippen LogP contribution >= 0.6 is 0 Å². The van der Waals surface area contributed by atoms with Crippen LogP contribution in [-0.2, 0) is 21.5 Å². The van der Waals surface area contributed by atoms with E-state index in [9.17, 15) is 4.79 Å². The Balaban J connectivity index is 2.31. The Hall–Kier alpha value is -1.39. The topological polar surface area (TPSA) is 41.6 Å². The van der Waals surface area contributed by atoms with Gasteiger partial charge in [0.1, 0.15) is 5.54 Å². The molecule has 20 heavy (non-hydrogen) atoms. The van der Waals surface area contributed by atoms with E-state index in [2.05, 4.69) is 17.4 Å². The van der Waals surface area contributed by atoms with Gasteiger partial charge in [0.15, 0.2) is 0 Å². The smallest absolute Gasteiger partial charge is 0.245 e. The molecule has 1 amide bonds. The zero-order valence-electron chi connectivity index (χ0n) is 12.8. The Morgan fingerprint density at radius 2 is 2.15 bits per heavy atom. The molecule has 0 aromatic heterocycles. The summed E-state index contributed by atoms with van der Waals surface area (Å²) in [6.45, 7) is 2.49. The maximum atomic E-state index is 12.8. The highest BCUT2D eigenvalue weighted by Gasteiger charge is 2.47. The molecular formula is C16H24N2O2. The maximum Gasteiger partial charge on any atom is 0.245 e. The molecule has 1 N–H and O–H groups in total. The number of benzene rings is 1. The molecule has 1 aromatic rings. The number of fused-ring (bicyclic) bond motifs is 1. The quantitative estimate of drug-likeness (QED) is 0.887. The molecule has 2 rings (SSSR count). The Labute approximate surface area is 121 Å². The lowest BCUT2D eigenvalue weighted by atomic mass is 9.89. The maximum absolute atomic E-state index is 12.8. The summed E-state index contributed by atoms with van der Waals surface area (Å²) in [6.07, 6.45) is 1.77. The minimum atomic E-state index is -0.557. The first-order valence-electron chi connectivity index (χ1n) is 7.08. The monoisotopic (exact) mass is 276 g/mol. The van der Waals surface area contributed by atoms with Gasteiger partial charge in [-0.1, -0.05) is 24.3 Å². The third kappa shape index (κ3) is 2.45. The van der Waals surface area contributed by atoms with Crippen molar-refractivity contribution in [2.75, 3.05) is 27.8 Å². The van der Waals surface area contributed by atoms with Gasteiger partial charge in [-0.05, 0) is 45.0 Å². The highest BCUT2D eigenvalue weighted by Crippen LogP contribution is 2.40. The summed E-state index contributed by atoms with van der Waals surface area (Å²) in [6, 6.07) is 8.25. The van der Waals surface area contributed by atoms with Crippen LogP contribution in [0.2, 0.25) is 0 Å². The lowest BCUT2D eigenvalue weighted by Crippen LogP contribution is -2.54. The van der Waals surface area contributed by atoms with Crippen LogP contribution in [0.5, 0.6) is 0 Å². The third-order valence-electron chi connectivity index (χ3n) is 4.15. The second-order valence-electron chi connectivity index (χ2n) is 5.74. The van der Waals surface area contributed by atoms with E-state index in [1.54, 1.807) is 7.11 Å². The molecular weight excluding hydrogens is 252 g/mol. The Kier molecular flexibility index (Phi) is 4.45. The van der Waals surface area contributed by atoms with E-state index >= 15 is 0 Å². The summed E-state index contributed by atoms with van der Waals surface area (Å²) in [5, 5.41) is 3.08. The number of ether oxygens (including phenoxy) is 1. The molecule has 2 atom stereocenters. The molecule has 1 aliphatic rings. The van der Waals surface area contributed by atoms with Crippen LogP contribution in [0.25, 0.3) is 0 Å². The molecule has 0 radical (unpaired) electrons. The Bertz CT molecular complexity index is 487. The van der Waals surface area contributed by atoms with Gasteiger partial charge in [0.05, 0.1) is 6.61 Å². The lowest BCUT2D eigenvalue weighted by Gasteiger charge is -2.36. The third-order valence-corrected chi connectivity index (χ3v) is 4.15. The highest BCUT2D eigenvalue weighted by molar-refractivity contribution is 5.89. The normalized spacial score (nSPS) is 22.6. The van der Waals surface area contributed by atoms with Crippen molar-refractivity contribution in [3.05, 3.63) is 35.4 Å². The van der Waals surface area contributed by atoms with Crippen LogP contribution in [0.4, 0.5) is 0 Å². The molecule has 0 unspecified atom stereocenters. The summed E-state index contributed by atoms with van der Waals surface area (Å²) < 4.78 is 5.10. The number of carbonyl (C=O) groups excluding carboxylic acids is 1. The van der Waals surface area contributed by atoms with Crippen molar-refractivity contribution in [1.82, 2.24) is 10.2 Å². The molecule has 1 aromatic carbocycles. The molecule has 0 heterocycles. The van der Waals surface area contributed by atoms with E-state index in [1.165, 1.54) is 5.56 Å². The summed E-state index contributed by atoms with van der Waals surface area (Å²) in [4.78, 5) is 14.9. The first-order valence-corrected chi connectivity index (χ1v) is 7.08. The fourth-order valence-corrected chi connectivity index (χ4v) is 3.13. The minimum Gasteiger partial charge on any atom is -0.383 e. The zero-order chi connectivity index (χ0) is 14.8. The number of nitrogens with zero attached hydrogens (tertiary/aromatic N) is 1. The van der Waals surface area contributed by atoms with Crippen LogP contribution in [-0.4, -0.2) is 44.7 Å². The van der Waals surface area contributed by atoms with Gasteiger partial charge >= 0.3 is 0 Å². The van der Waals surface area contributed by atoms with Crippen LogP contribution in [0, 0.1) is 0 Å². The first kappa shape index (κ1) is 15.0. The fourth-order valence-electron chi connectivity index (χ4n) is 3.13. The molecule has 0 fully saturated rings. The summed E-state index contributed by atoms with van der Waals surface area (Å²) in [5.74, 6) is 0.0667. The molecule has 4 heteroatoms. The summed E-state index contributed by atoms with van der Waals surface area (Å²) >= 11 is 0. The number of nitrogens with one attached hydrogen (secondary N) is 1. The molecule has 1 aliphatic carbocycles. The molecule has 0 spiro atoms. The van der Waals surface area contributed by atoms with Crippen LogP contribution < -0.4 is 5.32 Å². The van der Waals surface area contributed by atoms with E-state index < -0.39 is 5.54 Å². The van der Waals surface area contributed by atoms with Gasteiger partial charge in [0.25, 0.3) is 0 Å². The second-order valence-corrected chi connectivity index (χ2v) is 5.74. The van der Waals surface area contributed by atoms with Crippen molar-refractivity contribution in [2.45, 2.75) is 31.3 Å². The van der Waals surface area contributed by atoms with Crippen molar-refractivity contribution in [3.63, 3.8) is 0 Å². The van der Waals surface area contributed by atoms with Crippen molar-refractivity contribution < 1.29 is 9.53 Å². The van der Waals surface area contributed by atoms with Gasteiger partial charge in [0, 0.05) is 13.2 Å². The number of hydrogen-bond donors (Lipinski definition) is 1. The molecule has 0 saturated heterocycles. The van der Waals surface area contributed by atoms with Crippen LogP contribution in [0.15, 0.2) is 24.3 Å². The van der Waals surface area contributed by atoms with E-state index in [-0.39, 0.29) is 11.9 Å². The highest BCUT2D eigenvalue weighted by atomic mass is 16.5. The molecule has 0 bridgehead atoms. The predicted octanol–water partition coefficient (Wildman–Crippen LogP) is 1.54. The lowest BCUT2D eigenvalue weighted by molar-refractivity contribution is -0.133. The van der Waals surface area contributed by atoms with Gasteiger partial charge in [-0.3, -0.25) is 9.69 Å². The largest absolute Gasteiger partial charge is 0.383 e. The number of rotatable bonds is 5. The minimum absolute atomic E-state index is 0.0112. The van der Waals surface area contributed by atoms with Gasteiger partial charge < -0.3 is 10.1 Å². The number of carbonyl (C=O) groups is 1. The number of likely N-dealkylation sites (N-methyl/N-ethyl adjacent to an activating group) is 1. The zero-order valence-corrected chi connectivity index (χ0v) is 12.8. The molecule has 0 aliphatic heterocycles. The predicted molar refractivity (Wildman–Crippen MR) is 79.6 cm³/mol. The van der Waals surface area contributed by atoms with Crippen molar-refractivity contribution in [1.29, 1.82) is 0 Å². The number of hydrogen-bond acceptors (Lipinski definition) is 3. The van der Waals surface area contributed by atoms with E-state index in [1.807, 2.05) is 38.1 Å². The van der Waals surface area contributed by atoms with Crippen molar-refractivity contribution >= 4 is 5.91 Å². The van der Waals surface area contributed by atoms with Gasteiger partial charge in [0.2, 0.25) is 5.91 Å². The van der Waals surface area contributed by atoms with Gasteiger partial charge in [-0.25, -0.2) is 0 Å². The molecule has 0 saturated carbocycles. The van der Waals surface area contributed by atoms with Gasteiger partial charge in [-0.15, -0.1) is 0 Å². The van der Waals surface area contributed by atoms with E-state index in [0.29, 0.717) is 6.61 Å². The summed E-state index contributed by atoms with van der Waals surface area (Å²) in [5.41, 5.74) is 1.85. The average Bonchev–Trinajstić information content (AvgIpc) is 2.79. The SMILES string of the molecule is COC[C@H](C)NC(=O)[C@]1(N(C)C)CCc2ccccc21. The number of amides is 1. The van der Waals surface area contributed by atoms with Crippen LogP contribution in [0.1, 0.15) is 24.5 Å². The van der Waals surface area contributed by atoms with Gasteiger partial charge in [-0.2, -0.15) is 0 Å². The van der Waals surface area contributed by atoms with Crippen molar-refractivity contribution in [2.24, 2.45) is 0 Å². The van der Waals surface area contributed by atoms with Crippen LogP contribution in [0.3, 0.4) is 0 Å². The number of aryl methyl sites for hydroxylation is 1.